The Hall–Kier alpha value is -2.85. The van der Waals surface area contributed by atoms with Crippen LogP contribution in [-0.4, -0.2) is 9.61 Å². The van der Waals surface area contributed by atoms with Crippen LogP contribution in [0.1, 0.15) is 38.8 Å². The minimum Gasteiger partial charge on any atom is -0.457 e. The van der Waals surface area contributed by atoms with E-state index in [1.807, 2.05) is 30.3 Å². The van der Waals surface area contributed by atoms with Gasteiger partial charge in [0.05, 0.1) is 17.2 Å². The zero-order valence-corrected chi connectivity index (χ0v) is 19.6. The summed E-state index contributed by atoms with van der Waals surface area (Å²) in [5, 5.41) is 8.67. The van der Waals surface area contributed by atoms with Crippen LogP contribution in [0.15, 0.2) is 71.3 Å². The minimum atomic E-state index is -0.0336. The van der Waals surface area contributed by atoms with Gasteiger partial charge in [0.25, 0.3) is 0 Å². The Morgan fingerprint density at radius 2 is 1.55 bits per heavy atom. The minimum absolute atomic E-state index is 0.000454. The molecular formula is C27H23BrN2O. The number of pyridine rings is 1. The second-order valence-corrected chi connectivity index (χ2v) is 10.5. The van der Waals surface area contributed by atoms with E-state index in [0.717, 1.165) is 21.5 Å². The van der Waals surface area contributed by atoms with Crippen LogP contribution in [0, 0.1) is 0 Å². The van der Waals surface area contributed by atoms with Gasteiger partial charge in [0.1, 0.15) is 11.5 Å². The fourth-order valence-corrected chi connectivity index (χ4v) is 5.48. The van der Waals surface area contributed by atoms with E-state index in [0.29, 0.717) is 0 Å². The van der Waals surface area contributed by atoms with Gasteiger partial charge >= 0.3 is 0 Å². The molecule has 0 aliphatic heterocycles. The van der Waals surface area contributed by atoms with E-state index in [2.05, 4.69) is 84.7 Å². The molecule has 0 amide bonds. The lowest BCUT2D eigenvalue weighted by molar-refractivity contribution is 0.304. The molecule has 0 radical (unpaired) electrons. The average Bonchev–Trinajstić information content (AvgIpc) is 3.19. The van der Waals surface area contributed by atoms with Crippen LogP contribution in [0.4, 0.5) is 0 Å². The fraction of sp³-hybridized carbons (Fsp3) is 0.222. The maximum atomic E-state index is 6.18. The van der Waals surface area contributed by atoms with E-state index in [1.165, 1.54) is 32.8 Å². The van der Waals surface area contributed by atoms with Crippen molar-refractivity contribution in [3.8, 4) is 11.5 Å². The molecule has 0 unspecified atom stereocenters. The van der Waals surface area contributed by atoms with Crippen molar-refractivity contribution in [3.63, 3.8) is 0 Å². The Balaban J connectivity index is 1.69. The smallest absolute Gasteiger partial charge is 0.129 e. The standard InChI is InChI=1S/C27H23BrN2O/c1-26(2)21-10-6-9-20-19-12-11-18(31-17-8-5-7-16(28)13-17)14-23(19)30-25(24(20)21)22(15-29-30)27(26,3)4/h5-15H,1-4H3. The third kappa shape index (κ3) is 2.43. The lowest BCUT2D eigenvalue weighted by Gasteiger charge is -2.45. The van der Waals surface area contributed by atoms with Gasteiger partial charge in [-0.2, -0.15) is 5.10 Å². The molecule has 0 spiro atoms. The average molecular weight is 471 g/mol. The van der Waals surface area contributed by atoms with E-state index in [1.54, 1.807) is 0 Å². The molecule has 31 heavy (non-hydrogen) atoms. The van der Waals surface area contributed by atoms with Crippen LogP contribution in [-0.2, 0) is 10.8 Å². The number of ether oxygens (including phenoxy) is 1. The third-order valence-corrected chi connectivity index (χ3v) is 7.99. The number of fused-ring (bicyclic) bond motifs is 3. The summed E-state index contributed by atoms with van der Waals surface area (Å²) < 4.78 is 9.28. The van der Waals surface area contributed by atoms with Crippen LogP contribution in [0.25, 0.3) is 27.2 Å². The summed E-state index contributed by atoms with van der Waals surface area (Å²) in [7, 11) is 0. The normalized spacial score (nSPS) is 16.4. The molecular weight excluding hydrogens is 448 g/mol. The van der Waals surface area contributed by atoms with E-state index < -0.39 is 0 Å². The topological polar surface area (TPSA) is 26.5 Å². The SMILES string of the molecule is CC1(C)c2cccc3c4ccc(Oc5cccc(Br)c5)cc4n4ncc(c4c23)C1(C)C. The summed E-state index contributed by atoms with van der Waals surface area (Å²) in [6.07, 6.45) is 2.06. The molecule has 0 saturated heterocycles. The first-order valence-corrected chi connectivity index (χ1v) is 11.4. The van der Waals surface area contributed by atoms with Crippen LogP contribution in [0.2, 0.25) is 0 Å². The van der Waals surface area contributed by atoms with Crippen molar-refractivity contribution >= 4 is 43.1 Å². The van der Waals surface area contributed by atoms with Crippen molar-refractivity contribution in [2.45, 2.75) is 38.5 Å². The first kappa shape index (κ1) is 18.9. The predicted octanol–water partition coefficient (Wildman–Crippen LogP) is 7.76. The molecule has 3 nitrogen and oxygen atoms in total. The van der Waals surface area contributed by atoms with Gasteiger partial charge in [-0.05, 0) is 46.7 Å². The predicted molar refractivity (Wildman–Crippen MR) is 130 cm³/mol. The second kappa shape index (κ2) is 6.10. The van der Waals surface area contributed by atoms with Crippen LogP contribution in [0.3, 0.4) is 0 Å². The van der Waals surface area contributed by atoms with Gasteiger partial charge in [0.2, 0.25) is 0 Å². The second-order valence-electron chi connectivity index (χ2n) is 9.54. The van der Waals surface area contributed by atoms with Gasteiger partial charge in [-0.1, -0.05) is 67.9 Å². The largest absolute Gasteiger partial charge is 0.457 e. The van der Waals surface area contributed by atoms with Crippen molar-refractivity contribution < 1.29 is 4.74 Å². The van der Waals surface area contributed by atoms with Crippen molar-refractivity contribution in [1.29, 1.82) is 0 Å². The van der Waals surface area contributed by atoms with E-state index in [-0.39, 0.29) is 10.8 Å². The molecule has 0 atom stereocenters. The first-order chi connectivity index (χ1) is 14.8. The molecule has 4 heteroatoms. The Morgan fingerprint density at radius 3 is 2.35 bits per heavy atom. The zero-order valence-electron chi connectivity index (χ0n) is 18.0. The lowest BCUT2D eigenvalue weighted by Crippen LogP contribution is -2.42. The molecule has 1 aliphatic rings. The molecule has 3 aromatic carbocycles. The van der Waals surface area contributed by atoms with Crippen molar-refractivity contribution in [3.05, 3.63) is 82.5 Å². The van der Waals surface area contributed by atoms with Gasteiger partial charge in [-0.3, -0.25) is 0 Å². The number of halogens is 1. The van der Waals surface area contributed by atoms with E-state index in [4.69, 9.17) is 9.84 Å². The number of benzene rings is 3. The number of hydrogen-bond acceptors (Lipinski definition) is 2. The van der Waals surface area contributed by atoms with Crippen molar-refractivity contribution in [1.82, 2.24) is 9.61 Å². The van der Waals surface area contributed by atoms with Gasteiger partial charge < -0.3 is 4.74 Å². The van der Waals surface area contributed by atoms with Crippen LogP contribution >= 0.6 is 15.9 Å². The Morgan fingerprint density at radius 1 is 0.806 bits per heavy atom. The van der Waals surface area contributed by atoms with E-state index in [9.17, 15) is 0 Å². The lowest BCUT2D eigenvalue weighted by atomic mass is 9.58. The maximum Gasteiger partial charge on any atom is 0.129 e. The molecule has 2 aromatic heterocycles. The number of aromatic nitrogens is 2. The van der Waals surface area contributed by atoms with Crippen LogP contribution in [0.5, 0.6) is 11.5 Å². The zero-order chi connectivity index (χ0) is 21.5. The molecule has 1 aliphatic carbocycles. The number of rotatable bonds is 2. The molecule has 2 heterocycles. The molecule has 6 rings (SSSR count). The van der Waals surface area contributed by atoms with Gasteiger partial charge in [-0.15, -0.1) is 0 Å². The summed E-state index contributed by atoms with van der Waals surface area (Å²) in [6.45, 7) is 9.38. The molecule has 154 valence electrons. The van der Waals surface area contributed by atoms with Gasteiger partial charge in [0, 0.05) is 32.3 Å². The van der Waals surface area contributed by atoms with Gasteiger partial charge in [-0.25, -0.2) is 4.52 Å². The summed E-state index contributed by atoms with van der Waals surface area (Å²) in [5.74, 6) is 1.61. The molecule has 5 aromatic rings. The first-order valence-electron chi connectivity index (χ1n) is 10.6. The quantitative estimate of drug-likeness (QED) is 0.246. The fourth-order valence-electron chi connectivity index (χ4n) is 5.10. The van der Waals surface area contributed by atoms with Crippen LogP contribution < -0.4 is 4.74 Å². The molecule has 0 saturated carbocycles. The number of hydrogen-bond donors (Lipinski definition) is 0. The van der Waals surface area contributed by atoms with Crippen molar-refractivity contribution in [2.75, 3.05) is 0 Å². The molecule has 0 N–H and O–H groups in total. The highest BCUT2D eigenvalue weighted by Crippen LogP contribution is 2.53. The molecule has 0 fully saturated rings. The summed E-state index contributed by atoms with van der Waals surface area (Å²) in [5.41, 5.74) is 4.95. The third-order valence-electron chi connectivity index (χ3n) is 7.50. The van der Waals surface area contributed by atoms with Gasteiger partial charge in [0.15, 0.2) is 0 Å². The van der Waals surface area contributed by atoms with E-state index >= 15 is 0 Å². The Kier molecular flexibility index (Phi) is 3.72. The monoisotopic (exact) mass is 470 g/mol. The van der Waals surface area contributed by atoms with Crippen molar-refractivity contribution in [2.24, 2.45) is 0 Å². The summed E-state index contributed by atoms with van der Waals surface area (Å²) in [4.78, 5) is 0. The molecule has 0 bridgehead atoms. The Bertz CT molecular complexity index is 1530. The maximum absolute atomic E-state index is 6.18. The highest BCUT2D eigenvalue weighted by Gasteiger charge is 2.46. The highest BCUT2D eigenvalue weighted by atomic mass is 79.9. The summed E-state index contributed by atoms with van der Waals surface area (Å²) in [6, 6.07) is 20.9. The highest BCUT2D eigenvalue weighted by molar-refractivity contribution is 9.10. The number of nitrogens with zero attached hydrogens (tertiary/aromatic N) is 2. The Labute approximate surface area is 189 Å². The summed E-state index contributed by atoms with van der Waals surface area (Å²) >= 11 is 3.52.